The van der Waals surface area contributed by atoms with Crippen molar-refractivity contribution < 1.29 is 9.90 Å². The molecule has 4 heteroatoms. The number of aliphatic hydroxyl groups is 1. The average Bonchev–Trinajstić information content (AvgIpc) is 2.48. The molecule has 1 aliphatic heterocycles. The van der Waals surface area contributed by atoms with Gasteiger partial charge in [-0.3, -0.25) is 0 Å². The van der Waals surface area contributed by atoms with Crippen LogP contribution in [0.3, 0.4) is 0 Å². The normalized spacial score (nSPS) is 21.1. The molecule has 2 rings (SSSR count). The summed E-state index contributed by atoms with van der Waals surface area (Å²) in [6, 6.07) is 0.0628. The van der Waals surface area contributed by atoms with Gasteiger partial charge in [-0.2, -0.15) is 0 Å². The number of urea groups is 1. The molecule has 108 valence electrons. The van der Waals surface area contributed by atoms with Gasteiger partial charge in [0.1, 0.15) is 0 Å². The second-order valence-electron chi connectivity index (χ2n) is 5.70. The topological polar surface area (TPSA) is 52.6 Å². The monoisotopic (exact) mass is 266 g/mol. The average molecular weight is 266 g/mol. The van der Waals surface area contributed by atoms with E-state index in [9.17, 15) is 4.79 Å². The largest absolute Gasteiger partial charge is 0.396 e. The predicted octanol–water partition coefficient (Wildman–Crippen LogP) is 2.29. The Kier molecular flexibility index (Phi) is 5.70. The number of nitrogens with zero attached hydrogens (tertiary/aromatic N) is 1. The van der Waals surface area contributed by atoms with Gasteiger partial charge in [0.15, 0.2) is 0 Å². The van der Waals surface area contributed by atoms with E-state index >= 15 is 0 Å². The first-order valence-electron chi connectivity index (χ1n) is 7.61. The van der Waals surface area contributed by atoms with E-state index in [1.165, 1.54) is 31.3 Å². The zero-order valence-electron chi connectivity index (χ0n) is 11.7. The second kappa shape index (κ2) is 7.53. The molecular formula is C15H26N2O2. The molecule has 2 aliphatic rings. The molecule has 0 unspecified atom stereocenters. The first-order chi connectivity index (χ1) is 9.29. The third-order valence-corrected chi connectivity index (χ3v) is 4.27. The van der Waals surface area contributed by atoms with Gasteiger partial charge >= 0.3 is 6.03 Å². The highest BCUT2D eigenvalue weighted by atomic mass is 16.3. The zero-order chi connectivity index (χ0) is 13.5. The standard InChI is InChI=1S/C15H26N2O2/c18-12-14-7-10-17(11-8-14)15(19)16-9-6-13-4-2-1-3-5-13/h4,14,18H,1-3,5-12H2,(H,16,19). The molecule has 0 radical (unpaired) electrons. The molecule has 0 bridgehead atoms. The number of hydrogen-bond donors (Lipinski definition) is 2. The summed E-state index contributed by atoms with van der Waals surface area (Å²) in [6.07, 6.45) is 10.2. The van der Waals surface area contributed by atoms with E-state index in [0.717, 1.165) is 38.9 Å². The van der Waals surface area contributed by atoms with Crippen molar-refractivity contribution in [3.05, 3.63) is 11.6 Å². The van der Waals surface area contributed by atoms with Crippen LogP contribution in [0.2, 0.25) is 0 Å². The second-order valence-corrected chi connectivity index (χ2v) is 5.70. The minimum absolute atomic E-state index is 0.0628. The van der Waals surface area contributed by atoms with E-state index in [4.69, 9.17) is 5.11 Å². The molecule has 1 aliphatic carbocycles. The highest BCUT2D eigenvalue weighted by molar-refractivity contribution is 5.74. The Labute approximate surface area is 115 Å². The molecule has 0 spiro atoms. The summed E-state index contributed by atoms with van der Waals surface area (Å²) in [4.78, 5) is 13.8. The molecule has 0 atom stereocenters. The molecule has 19 heavy (non-hydrogen) atoms. The number of piperidine rings is 1. The van der Waals surface area contributed by atoms with Crippen molar-refractivity contribution in [2.24, 2.45) is 5.92 Å². The Balaban J connectivity index is 1.63. The number of rotatable bonds is 4. The van der Waals surface area contributed by atoms with E-state index in [1.807, 2.05) is 4.90 Å². The highest BCUT2D eigenvalue weighted by Crippen LogP contribution is 2.19. The van der Waals surface area contributed by atoms with Gasteiger partial charge in [0.25, 0.3) is 0 Å². The van der Waals surface area contributed by atoms with Crippen molar-refractivity contribution in [2.75, 3.05) is 26.2 Å². The number of hydrogen-bond acceptors (Lipinski definition) is 2. The van der Waals surface area contributed by atoms with Crippen LogP contribution in [0.4, 0.5) is 4.79 Å². The van der Waals surface area contributed by atoms with Crippen molar-refractivity contribution in [1.29, 1.82) is 0 Å². The third kappa shape index (κ3) is 4.53. The summed E-state index contributed by atoms with van der Waals surface area (Å²) < 4.78 is 0. The smallest absolute Gasteiger partial charge is 0.317 e. The number of amides is 2. The number of nitrogens with one attached hydrogen (secondary N) is 1. The summed E-state index contributed by atoms with van der Waals surface area (Å²) in [5, 5.41) is 12.1. The van der Waals surface area contributed by atoms with Crippen LogP contribution in [0.25, 0.3) is 0 Å². The lowest BCUT2D eigenvalue weighted by Gasteiger charge is -2.31. The third-order valence-electron chi connectivity index (χ3n) is 4.27. The van der Waals surface area contributed by atoms with Crippen LogP contribution in [0.5, 0.6) is 0 Å². The Morgan fingerprint density at radius 1 is 1.37 bits per heavy atom. The lowest BCUT2D eigenvalue weighted by Crippen LogP contribution is -2.45. The Morgan fingerprint density at radius 2 is 2.16 bits per heavy atom. The Bertz CT molecular complexity index is 320. The van der Waals surface area contributed by atoms with Gasteiger partial charge in [-0.05, 0) is 50.9 Å². The maximum Gasteiger partial charge on any atom is 0.317 e. The predicted molar refractivity (Wildman–Crippen MR) is 75.9 cm³/mol. The first kappa shape index (κ1) is 14.4. The number of allylic oxidation sites excluding steroid dienone is 1. The van der Waals surface area contributed by atoms with Crippen LogP contribution in [-0.2, 0) is 0 Å². The zero-order valence-corrected chi connectivity index (χ0v) is 11.7. The maximum absolute atomic E-state index is 12.0. The van der Waals surface area contributed by atoms with Crippen LogP contribution in [0.15, 0.2) is 11.6 Å². The van der Waals surface area contributed by atoms with Gasteiger partial charge in [-0.25, -0.2) is 4.79 Å². The van der Waals surface area contributed by atoms with Crippen molar-refractivity contribution in [3.63, 3.8) is 0 Å². The molecule has 1 heterocycles. The number of aliphatic hydroxyl groups excluding tert-OH is 1. The Hall–Kier alpha value is -1.03. The molecular weight excluding hydrogens is 240 g/mol. The van der Waals surface area contributed by atoms with Crippen molar-refractivity contribution in [1.82, 2.24) is 10.2 Å². The number of carbonyl (C=O) groups is 1. The lowest BCUT2D eigenvalue weighted by molar-refractivity contribution is 0.137. The Morgan fingerprint density at radius 3 is 2.79 bits per heavy atom. The number of likely N-dealkylation sites (tertiary alicyclic amines) is 1. The molecule has 0 aromatic heterocycles. The summed E-state index contributed by atoms with van der Waals surface area (Å²) in [6.45, 7) is 2.56. The summed E-state index contributed by atoms with van der Waals surface area (Å²) in [5.41, 5.74) is 1.51. The molecule has 0 saturated carbocycles. The minimum Gasteiger partial charge on any atom is -0.396 e. The first-order valence-corrected chi connectivity index (χ1v) is 7.61. The van der Waals surface area contributed by atoms with E-state index < -0.39 is 0 Å². The van der Waals surface area contributed by atoms with Gasteiger partial charge in [0.05, 0.1) is 0 Å². The van der Waals surface area contributed by atoms with E-state index in [2.05, 4.69) is 11.4 Å². The van der Waals surface area contributed by atoms with Crippen LogP contribution in [0.1, 0.15) is 44.9 Å². The van der Waals surface area contributed by atoms with E-state index in [-0.39, 0.29) is 12.6 Å². The molecule has 1 saturated heterocycles. The van der Waals surface area contributed by atoms with Crippen molar-refractivity contribution in [2.45, 2.75) is 44.9 Å². The SMILES string of the molecule is O=C(NCCC1=CCCCC1)N1CCC(CO)CC1. The van der Waals surface area contributed by atoms with Crippen LogP contribution in [0, 0.1) is 5.92 Å². The van der Waals surface area contributed by atoms with Gasteiger partial charge < -0.3 is 15.3 Å². The van der Waals surface area contributed by atoms with Crippen LogP contribution >= 0.6 is 0 Å². The van der Waals surface area contributed by atoms with Crippen LogP contribution < -0.4 is 5.32 Å². The summed E-state index contributed by atoms with van der Waals surface area (Å²) >= 11 is 0. The molecule has 2 amide bonds. The van der Waals surface area contributed by atoms with Crippen LogP contribution in [-0.4, -0.2) is 42.3 Å². The van der Waals surface area contributed by atoms with E-state index in [0.29, 0.717) is 5.92 Å². The van der Waals surface area contributed by atoms with Crippen molar-refractivity contribution >= 4 is 6.03 Å². The molecule has 4 nitrogen and oxygen atoms in total. The minimum atomic E-state index is 0.0628. The fourth-order valence-electron chi connectivity index (χ4n) is 2.89. The molecule has 1 fully saturated rings. The quantitative estimate of drug-likeness (QED) is 0.767. The van der Waals surface area contributed by atoms with Crippen molar-refractivity contribution in [3.8, 4) is 0 Å². The van der Waals surface area contributed by atoms with Gasteiger partial charge in [-0.1, -0.05) is 11.6 Å². The fourth-order valence-corrected chi connectivity index (χ4v) is 2.89. The maximum atomic E-state index is 12.0. The molecule has 2 N–H and O–H groups in total. The molecule has 0 aromatic rings. The van der Waals surface area contributed by atoms with E-state index in [1.54, 1.807) is 0 Å². The summed E-state index contributed by atoms with van der Waals surface area (Å²) in [7, 11) is 0. The lowest BCUT2D eigenvalue weighted by atomic mass is 9.97. The van der Waals surface area contributed by atoms with Gasteiger partial charge in [0, 0.05) is 26.2 Å². The summed E-state index contributed by atoms with van der Waals surface area (Å²) in [5.74, 6) is 0.386. The number of carbonyl (C=O) groups excluding carboxylic acids is 1. The van der Waals surface area contributed by atoms with Gasteiger partial charge in [0.2, 0.25) is 0 Å². The van der Waals surface area contributed by atoms with Gasteiger partial charge in [-0.15, -0.1) is 0 Å². The highest BCUT2D eigenvalue weighted by Gasteiger charge is 2.21. The molecule has 0 aromatic carbocycles. The fraction of sp³-hybridized carbons (Fsp3) is 0.800.